The monoisotopic (exact) mass is 328 g/mol. The minimum atomic E-state index is 0.552. The molecule has 0 atom stereocenters. The summed E-state index contributed by atoms with van der Waals surface area (Å²) in [6, 6.07) is 11.8. The fraction of sp³-hybridized carbons (Fsp3) is 0.278. The molecule has 0 amide bonds. The molecule has 0 N–H and O–H groups in total. The smallest absolute Gasteiger partial charge is 0.258 e. The third-order valence-electron chi connectivity index (χ3n) is 3.32. The molecule has 0 unspecified atom stereocenters. The number of fused-ring (bicyclic) bond motifs is 1. The van der Waals surface area contributed by atoms with Gasteiger partial charge in [-0.25, -0.2) is 4.99 Å². The summed E-state index contributed by atoms with van der Waals surface area (Å²) in [7, 11) is 4.11. The molecule has 3 rings (SSSR count). The van der Waals surface area contributed by atoms with Crippen molar-refractivity contribution in [1.82, 2.24) is 4.90 Å². The van der Waals surface area contributed by atoms with Gasteiger partial charge in [0.15, 0.2) is 11.5 Å². The Morgan fingerprint density at radius 3 is 2.87 bits per heavy atom. The van der Waals surface area contributed by atoms with Crippen LogP contribution in [0.2, 0.25) is 0 Å². The van der Waals surface area contributed by atoms with E-state index in [1.165, 1.54) is 0 Å². The van der Waals surface area contributed by atoms with Crippen molar-refractivity contribution in [2.45, 2.75) is 6.42 Å². The van der Waals surface area contributed by atoms with Gasteiger partial charge in [-0.1, -0.05) is 18.2 Å². The molecule has 120 valence electrons. The first-order chi connectivity index (χ1) is 11.2. The number of hydrogen-bond acceptors (Lipinski definition) is 5. The van der Waals surface area contributed by atoms with Gasteiger partial charge < -0.3 is 14.4 Å². The molecule has 0 saturated heterocycles. The normalized spacial score (nSPS) is 15.3. The maximum Gasteiger partial charge on any atom is 0.258 e. The van der Waals surface area contributed by atoms with Crippen LogP contribution >= 0.6 is 11.3 Å². The Kier molecular flexibility index (Phi) is 5.10. The van der Waals surface area contributed by atoms with Crippen LogP contribution in [-0.4, -0.2) is 38.0 Å². The fourth-order valence-corrected chi connectivity index (χ4v) is 2.86. The zero-order valence-corrected chi connectivity index (χ0v) is 14.2. The molecule has 2 heterocycles. The van der Waals surface area contributed by atoms with E-state index < -0.39 is 0 Å². The van der Waals surface area contributed by atoms with Crippen molar-refractivity contribution in [3.8, 4) is 5.75 Å². The second-order valence-electron chi connectivity index (χ2n) is 5.52. The van der Waals surface area contributed by atoms with E-state index >= 15 is 0 Å². The summed E-state index contributed by atoms with van der Waals surface area (Å²) < 4.78 is 11.9. The predicted octanol–water partition coefficient (Wildman–Crippen LogP) is 4.18. The van der Waals surface area contributed by atoms with Gasteiger partial charge >= 0.3 is 0 Å². The van der Waals surface area contributed by atoms with Crippen LogP contribution in [0.25, 0.3) is 6.08 Å². The molecule has 0 radical (unpaired) electrons. The molecular formula is C18H20N2O2S. The van der Waals surface area contributed by atoms with Crippen LogP contribution in [0, 0.1) is 0 Å². The molecule has 1 aromatic heterocycles. The van der Waals surface area contributed by atoms with Crippen LogP contribution in [0.5, 0.6) is 5.75 Å². The average molecular weight is 328 g/mol. The van der Waals surface area contributed by atoms with Gasteiger partial charge in [0.05, 0.1) is 6.61 Å². The highest BCUT2D eigenvalue weighted by molar-refractivity contribution is 7.10. The fourth-order valence-electron chi connectivity index (χ4n) is 2.21. The van der Waals surface area contributed by atoms with E-state index in [0.29, 0.717) is 18.3 Å². The van der Waals surface area contributed by atoms with E-state index in [4.69, 9.17) is 9.47 Å². The van der Waals surface area contributed by atoms with Crippen molar-refractivity contribution in [3.63, 3.8) is 0 Å². The van der Waals surface area contributed by atoms with Gasteiger partial charge in [-0.05, 0) is 44.1 Å². The minimum Gasteiger partial charge on any atom is -0.475 e. The zero-order valence-electron chi connectivity index (χ0n) is 13.4. The molecule has 0 fully saturated rings. The van der Waals surface area contributed by atoms with Gasteiger partial charge in [-0.2, -0.15) is 0 Å². The lowest BCUT2D eigenvalue weighted by Crippen LogP contribution is -2.19. The molecule has 1 aliphatic rings. The van der Waals surface area contributed by atoms with Crippen molar-refractivity contribution in [2.24, 2.45) is 4.99 Å². The Morgan fingerprint density at radius 1 is 1.22 bits per heavy atom. The van der Waals surface area contributed by atoms with Crippen LogP contribution in [0.1, 0.15) is 11.3 Å². The number of aliphatic imine (C=N–C) groups is 1. The van der Waals surface area contributed by atoms with E-state index in [1.807, 2.05) is 47.9 Å². The molecular weight excluding hydrogens is 308 g/mol. The van der Waals surface area contributed by atoms with Gasteiger partial charge in [-0.15, -0.1) is 11.3 Å². The molecule has 0 aliphatic carbocycles. The summed E-state index contributed by atoms with van der Waals surface area (Å²) in [5, 5.41) is 2.04. The highest BCUT2D eigenvalue weighted by Gasteiger charge is 2.20. The number of para-hydroxylation sites is 2. The number of thiophene rings is 1. The van der Waals surface area contributed by atoms with Crippen molar-refractivity contribution in [2.75, 3.05) is 27.2 Å². The third kappa shape index (κ3) is 4.21. The molecule has 0 saturated carbocycles. The largest absolute Gasteiger partial charge is 0.475 e. The van der Waals surface area contributed by atoms with E-state index in [2.05, 4.69) is 24.0 Å². The van der Waals surface area contributed by atoms with Gasteiger partial charge in [0.2, 0.25) is 0 Å². The molecule has 1 aromatic carbocycles. The van der Waals surface area contributed by atoms with Crippen molar-refractivity contribution in [3.05, 3.63) is 52.4 Å². The van der Waals surface area contributed by atoms with E-state index in [1.54, 1.807) is 11.3 Å². The molecule has 0 spiro atoms. The summed E-state index contributed by atoms with van der Waals surface area (Å²) in [5.74, 6) is 1.97. The Labute approximate surface area is 140 Å². The van der Waals surface area contributed by atoms with Gasteiger partial charge in [0.25, 0.3) is 5.90 Å². The number of nitrogens with zero attached hydrogens (tertiary/aromatic N) is 2. The van der Waals surface area contributed by atoms with E-state index in [9.17, 15) is 0 Å². The maximum atomic E-state index is 6.00. The lowest BCUT2D eigenvalue weighted by molar-refractivity contribution is 0.259. The van der Waals surface area contributed by atoms with Crippen molar-refractivity contribution >= 4 is 29.0 Å². The molecule has 23 heavy (non-hydrogen) atoms. The Balaban J connectivity index is 1.80. The average Bonchev–Trinajstić information content (AvgIpc) is 3.04. The summed E-state index contributed by atoms with van der Waals surface area (Å²) in [4.78, 5) is 7.87. The van der Waals surface area contributed by atoms with Crippen molar-refractivity contribution in [1.29, 1.82) is 0 Å². The first-order valence-electron chi connectivity index (χ1n) is 7.61. The predicted molar refractivity (Wildman–Crippen MR) is 95.6 cm³/mol. The second-order valence-corrected chi connectivity index (χ2v) is 6.50. The molecule has 1 aliphatic heterocycles. The van der Waals surface area contributed by atoms with E-state index in [-0.39, 0.29) is 0 Å². The Bertz CT molecular complexity index is 706. The third-order valence-corrected chi connectivity index (χ3v) is 4.14. The highest BCUT2D eigenvalue weighted by Crippen LogP contribution is 2.34. The standard InChI is InChI=1S/C18H20N2O2S/c1-20(2)10-6-11-21-18-17(13-14-7-5-12-23-14)22-16-9-4-3-8-15(16)19-18/h3-5,7-9,12-13H,6,10-11H2,1-2H3. The summed E-state index contributed by atoms with van der Waals surface area (Å²) in [5.41, 5.74) is 0.804. The van der Waals surface area contributed by atoms with Gasteiger partial charge in [0, 0.05) is 17.5 Å². The SMILES string of the molecule is CN(C)CCCOC1=Nc2ccccc2OC1=Cc1cccs1. The number of rotatable bonds is 5. The second kappa shape index (κ2) is 7.44. The topological polar surface area (TPSA) is 34.1 Å². The Hall–Kier alpha value is -2.11. The molecule has 0 bridgehead atoms. The van der Waals surface area contributed by atoms with E-state index in [0.717, 1.165) is 29.3 Å². The van der Waals surface area contributed by atoms with Crippen LogP contribution in [0.15, 0.2) is 52.5 Å². The summed E-state index contributed by atoms with van der Waals surface area (Å²) in [6.45, 7) is 1.60. The first kappa shape index (κ1) is 15.8. The highest BCUT2D eigenvalue weighted by atomic mass is 32.1. The van der Waals surface area contributed by atoms with Crippen LogP contribution in [0.4, 0.5) is 5.69 Å². The van der Waals surface area contributed by atoms with Crippen LogP contribution in [-0.2, 0) is 4.74 Å². The first-order valence-corrected chi connectivity index (χ1v) is 8.49. The Morgan fingerprint density at radius 2 is 2.09 bits per heavy atom. The molecule has 2 aromatic rings. The van der Waals surface area contributed by atoms with Gasteiger partial charge in [0.1, 0.15) is 5.69 Å². The number of hydrogen-bond donors (Lipinski definition) is 0. The zero-order chi connectivity index (χ0) is 16.1. The molecule has 4 nitrogen and oxygen atoms in total. The maximum absolute atomic E-state index is 6.00. The lowest BCUT2D eigenvalue weighted by Gasteiger charge is -2.20. The van der Waals surface area contributed by atoms with Crippen LogP contribution in [0.3, 0.4) is 0 Å². The molecule has 5 heteroatoms. The number of benzene rings is 1. The summed E-state index contributed by atoms with van der Waals surface area (Å²) >= 11 is 1.66. The number of ether oxygens (including phenoxy) is 2. The minimum absolute atomic E-state index is 0.552. The van der Waals surface area contributed by atoms with Gasteiger partial charge in [-0.3, -0.25) is 0 Å². The lowest BCUT2D eigenvalue weighted by atomic mass is 10.2. The summed E-state index contributed by atoms with van der Waals surface area (Å²) in [6.07, 6.45) is 2.92. The van der Waals surface area contributed by atoms with Crippen LogP contribution < -0.4 is 4.74 Å². The van der Waals surface area contributed by atoms with Crippen molar-refractivity contribution < 1.29 is 9.47 Å². The quantitative estimate of drug-likeness (QED) is 0.772.